The first-order valence-electron chi connectivity index (χ1n) is 25.3. The molecule has 1 saturated carbocycles. The maximum absolute atomic E-state index is 14.5. The largest absolute Gasteiger partial charge is 0.460 e. The maximum Gasteiger partial charge on any atom is 0.329 e. The number of fused-ring (bicyclic) bond motifs is 3. The van der Waals surface area contributed by atoms with E-state index in [2.05, 4.69) is 13.0 Å². The van der Waals surface area contributed by atoms with E-state index in [4.69, 9.17) is 28.4 Å². The van der Waals surface area contributed by atoms with Crippen molar-refractivity contribution >= 4 is 29.2 Å². The number of rotatable bonds is 9. The lowest BCUT2D eigenvalue weighted by Crippen LogP contribution is -2.61. The van der Waals surface area contributed by atoms with Crippen molar-refractivity contribution in [2.75, 3.05) is 41.1 Å². The third kappa shape index (κ3) is 15.3. The Morgan fingerprint density at radius 3 is 2.26 bits per heavy atom. The molecule has 4 rings (SSSR count). The molecule has 0 aromatic heterocycles. The zero-order valence-corrected chi connectivity index (χ0v) is 43.0. The molecule has 1 amide bonds. The first-order chi connectivity index (χ1) is 32.3. The number of piperidine rings is 1. The molecule has 2 bridgehead atoms. The van der Waals surface area contributed by atoms with E-state index in [0.717, 1.165) is 18.4 Å². The molecule has 0 spiro atoms. The van der Waals surface area contributed by atoms with Gasteiger partial charge < -0.3 is 43.5 Å². The topological polar surface area (TPSA) is 184 Å². The van der Waals surface area contributed by atoms with Crippen molar-refractivity contribution in [1.82, 2.24) is 4.90 Å². The molecule has 15 atom stereocenters. The van der Waals surface area contributed by atoms with Crippen molar-refractivity contribution in [3.63, 3.8) is 0 Å². The monoisotopic (exact) mass is 956 g/mol. The number of ether oxygens (including phenoxy) is 6. The van der Waals surface area contributed by atoms with Gasteiger partial charge in [0.25, 0.3) is 11.7 Å². The molecule has 4 aliphatic rings. The Morgan fingerprint density at radius 1 is 0.853 bits per heavy atom. The number of esters is 1. The number of carbonyl (C=O) groups is 5. The van der Waals surface area contributed by atoms with Crippen LogP contribution < -0.4 is 0 Å². The Balaban J connectivity index is 1.70. The van der Waals surface area contributed by atoms with Gasteiger partial charge in [-0.3, -0.25) is 19.2 Å². The van der Waals surface area contributed by atoms with Crippen LogP contribution in [0.1, 0.15) is 132 Å². The minimum absolute atomic E-state index is 0.00503. The van der Waals surface area contributed by atoms with Crippen LogP contribution in [0.2, 0.25) is 0 Å². The van der Waals surface area contributed by atoms with Crippen LogP contribution in [0.3, 0.4) is 0 Å². The molecule has 2 N–H and O–H groups in total. The summed E-state index contributed by atoms with van der Waals surface area (Å²) < 4.78 is 35.9. The number of nitrogens with zero attached hydrogens (tertiary/aromatic N) is 1. The van der Waals surface area contributed by atoms with Gasteiger partial charge in [-0.25, -0.2) is 4.79 Å². The first kappa shape index (κ1) is 57.2. The molecule has 2 unspecified atom stereocenters. The third-order valence-electron chi connectivity index (χ3n) is 15.3. The summed E-state index contributed by atoms with van der Waals surface area (Å²) in [5.74, 6) is -6.94. The Labute approximate surface area is 406 Å². The first-order valence-corrected chi connectivity index (χ1v) is 25.3. The van der Waals surface area contributed by atoms with Gasteiger partial charge in [-0.05, 0) is 119 Å². The number of aliphatic hydroxyl groups is 2. The highest BCUT2D eigenvalue weighted by Crippen LogP contribution is 2.38. The summed E-state index contributed by atoms with van der Waals surface area (Å²) in [4.78, 5) is 72.4. The van der Waals surface area contributed by atoms with Crippen LogP contribution in [-0.2, 0) is 52.4 Å². The number of cyclic esters (lactones) is 1. The van der Waals surface area contributed by atoms with E-state index in [1.54, 1.807) is 35.2 Å². The number of hydrogen-bond acceptors (Lipinski definition) is 13. The van der Waals surface area contributed by atoms with E-state index in [9.17, 15) is 34.2 Å². The van der Waals surface area contributed by atoms with Gasteiger partial charge in [-0.15, -0.1) is 0 Å². The smallest absolute Gasteiger partial charge is 0.329 e. The number of carbonyl (C=O) groups excluding carboxylic acids is 5. The third-order valence-corrected chi connectivity index (χ3v) is 15.3. The van der Waals surface area contributed by atoms with Crippen molar-refractivity contribution in [3.8, 4) is 0 Å². The second-order valence-electron chi connectivity index (χ2n) is 20.5. The highest BCUT2D eigenvalue weighted by molar-refractivity contribution is 6.39. The highest BCUT2D eigenvalue weighted by atomic mass is 16.6. The fraction of sp³-hybridized carbons (Fsp3) is 0.759. The summed E-state index contributed by atoms with van der Waals surface area (Å²) in [6, 6.07) is -1.11. The predicted octanol–water partition coefficient (Wildman–Crippen LogP) is 7.47. The van der Waals surface area contributed by atoms with Crippen LogP contribution >= 0.6 is 0 Å². The van der Waals surface area contributed by atoms with Gasteiger partial charge in [0.05, 0.1) is 37.6 Å². The average Bonchev–Trinajstić information content (AvgIpc) is 3.32. The van der Waals surface area contributed by atoms with Crippen LogP contribution in [0.25, 0.3) is 0 Å². The molecule has 14 heteroatoms. The zero-order valence-electron chi connectivity index (χ0n) is 43.0. The fourth-order valence-electron chi connectivity index (χ4n) is 10.7. The number of hydrogen-bond donors (Lipinski definition) is 2. The number of allylic oxidation sites excluding steroid dienone is 7. The molecule has 2 saturated heterocycles. The van der Waals surface area contributed by atoms with Gasteiger partial charge in [0, 0.05) is 52.6 Å². The molecule has 0 aromatic rings. The molecule has 3 aliphatic heterocycles. The molecular weight excluding hydrogens is 871 g/mol. The molecule has 68 heavy (non-hydrogen) atoms. The molecule has 14 nitrogen and oxygen atoms in total. The maximum atomic E-state index is 14.5. The Kier molecular flexibility index (Phi) is 23.0. The lowest BCUT2D eigenvalue weighted by atomic mass is 9.78. The second-order valence-corrected chi connectivity index (χ2v) is 20.5. The molecule has 0 aromatic carbocycles. The number of methoxy groups -OCH3 is 3. The molecular formula is C54H85NO13. The molecule has 3 heterocycles. The lowest BCUT2D eigenvalue weighted by molar-refractivity contribution is -0.265. The van der Waals surface area contributed by atoms with Crippen LogP contribution in [0, 0.1) is 41.4 Å². The molecule has 0 radical (unpaired) electrons. The summed E-state index contributed by atoms with van der Waals surface area (Å²) in [7, 11) is 4.78. The van der Waals surface area contributed by atoms with Gasteiger partial charge in [-0.2, -0.15) is 0 Å². The van der Waals surface area contributed by atoms with Gasteiger partial charge in [0.2, 0.25) is 5.79 Å². The SMILES string of the molecule is CO[C@H]1C[C@@H]2CC[C@@H](C)[C@@](O)(O2)C(=O)C(=O)N2CCCC[C@H]2C(=O)OC([C@H](C)C[C@@H]2CC[C@@H](OCCO)[C@H](OC)C2)CC(=O)C(C)=CC(C)[C@@H](C)[C@@H](OC)C(=O)[C@H](C)C[C@H](C)C=CC=CC=C1C. The van der Waals surface area contributed by atoms with Crippen LogP contribution in [0.4, 0.5) is 0 Å². The van der Waals surface area contributed by atoms with Crippen molar-refractivity contribution in [1.29, 1.82) is 0 Å². The van der Waals surface area contributed by atoms with Crippen molar-refractivity contribution in [2.45, 2.75) is 181 Å². The molecule has 1 aliphatic carbocycles. The van der Waals surface area contributed by atoms with Crippen LogP contribution in [0.15, 0.2) is 47.6 Å². The highest BCUT2D eigenvalue weighted by Gasteiger charge is 2.53. The summed E-state index contributed by atoms with van der Waals surface area (Å²) >= 11 is 0. The number of aliphatic hydroxyl groups excluding tert-OH is 1. The van der Waals surface area contributed by atoms with E-state index in [1.165, 1.54) is 4.90 Å². The van der Waals surface area contributed by atoms with E-state index in [0.29, 0.717) is 56.9 Å². The summed E-state index contributed by atoms with van der Waals surface area (Å²) in [5.41, 5.74) is 1.37. The van der Waals surface area contributed by atoms with Crippen LogP contribution in [-0.4, -0.2) is 134 Å². The summed E-state index contributed by atoms with van der Waals surface area (Å²) in [6.07, 6.45) is 14.8. The number of amides is 1. The Morgan fingerprint density at radius 2 is 1.59 bits per heavy atom. The summed E-state index contributed by atoms with van der Waals surface area (Å²) in [5, 5.41) is 21.3. The Bertz CT molecular complexity index is 1810. The van der Waals surface area contributed by atoms with E-state index >= 15 is 0 Å². The number of ketones is 3. The van der Waals surface area contributed by atoms with Crippen molar-refractivity contribution < 1.29 is 62.6 Å². The minimum atomic E-state index is -2.42. The van der Waals surface area contributed by atoms with Gasteiger partial charge in [0.1, 0.15) is 18.2 Å². The zero-order chi connectivity index (χ0) is 50.3. The predicted molar refractivity (Wildman–Crippen MR) is 259 cm³/mol. The second kappa shape index (κ2) is 27.3. The minimum Gasteiger partial charge on any atom is -0.460 e. The van der Waals surface area contributed by atoms with Gasteiger partial charge >= 0.3 is 5.97 Å². The lowest BCUT2D eigenvalue weighted by Gasteiger charge is -2.42. The number of Topliss-reactive ketones (excluding diaryl/α,β-unsaturated/α-hetero) is 3. The van der Waals surface area contributed by atoms with E-state index in [1.807, 2.05) is 65.0 Å². The van der Waals surface area contributed by atoms with Gasteiger partial charge in [0.15, 0.2) is 11.6 Å². The van der Waals surface area contributed by atoms with Crippen molar-refractivity contribution in [2.24, 2.45) is 41.4 Å². The summed E-state index contributed by atoms with van der Waals surface area (Å²) in [6.45, 7) is 15.5. The van der Waals surface area contributed by atoms with Gasteiger partial charge in [-0.1, -0.05) is 78.0 Å². The Hall–Kier alpha value is -3.37. The fourth-order valence-corrected chi connectivity index (χ4v) is 10.7. The van der Waals surface area contributed by atoms with Crippen molar-refractivity contribution in [3.05, 3.63) is 47.6 Å². The normalized spacial score (nSPS) is 36.7. The molecule has 3 fully saturated rings. The van der Waals surface area contributed by atoms with E-state index < -0.39 is 59.8 Å². The van der Waals surface area contributed by atoms with E-state index in [-0.39, 0.29) is 91.9 Å². The standard InChI is InChI=1S/C54H85NO13/c1-33-17-13-12-14-18-34(2)46(63-9)31-42-22-20-39(7)54(62,68-42)51(59)52(60)55-24-16-15-19-43(55)53(61)67-47(37(5)29-41-21-23-45(66-26-25-56)48(30-41)64-10)32-44(57)36(4)28-35(3)40(8)50(65-11)49(58)38(6)27-33/h12-14,17-18,28,33,35,37-43,45-48,50,56,62H,15-16,19-27,29-32H2,1-11H3/t33-,35?,37-,38-,39-,40-,41+,42+,43+,45-,46+,47?,48-,50-,54-/m1/s1. The quantitative estimate of drug-likeness (QED) is 0.172. The van der Waals surface area contributed by atoms with Crippen LogP contribution in [0.5, 0.6) is 0 Å². The molecule has 384 valence electrons. The average molecular weight is 956 g/mol.